The fraction of sp³-hybridized carbons (Fsp3) is 0.381. The Balaban J connectivity index is 1.46. The Morgan fingerprint density at radius 3 is 2.86 bits per heavy atom. The Kier molecular flexibility index (Phi) is 5.38. The van der Waals surface area contributed by atoms with Crippen molar-refractivity contribution in [3.63, 3.8) is 0 Å². The van der Waals surface area contributed by atoms with Crippen molar-refractivity contribution in [1.82, 2.24) is 4.90 Å². The van der Waals surface area contributed by atoms with Gasteiger partial charge < -0.3 is 16.0 Å². The van der Waals surface area contributed by atoms with E-state index in [4.69, 9.17) is 5.73 Å². The fourth-order valence-electron chi connectivity index (χ4n) is 4.24. The maximum absolute atomic E-state index is 13.7. The van der Waals surface area contributed by atoms with Crippen LogP contribution in [0.3, 0.4) is 0 Å². The van der Waals surface area contributed by atoms with Gasteiger partial charge in [-0.2, -0.15) is 0 Å². The highest BCUT2D eigenvalue weighted by Crippen LogP contribution is 2.37. The van der Waals surface area contributed by atoms with Gasteiger partial charge in [-0.05, 0) is 59.9 Å². The van der Waals surface area contributed by atoms with Gasteiger partial charge in [-0.3, -0.25) is 4.79 Å². The highest BCUT2D eigenvalue weighted by molar-refractivity contribution is 9.10. The van der Waals surface area contributed by atoms with Crippen molar-refractivity contribution < 1.29 is 13.6 Å². The number of anilines is 1. The van der Waals surface area contributed by atoms with Gasteiger partial charge in [0, 0.05) is 48.2 Å². The van der Waals surface area contributed by atoms with Crippen molar-refractivity contribution in [1.29, 1.82) is 0 Å². The number of amides is 1. The Morgan fingerprint density at radius 1 is 1.25 bits per heavy atom. The Labute approximate surface area is 171 Å². The number of hydrogen-bond acceptors (Lipinski definition) is 3. The average molecular weight is 450 g/mol. The molecule has 0 fully saturated rings. The number of hydrogen-bond donors (Lipinski definition) is 2. The molecule has 148 valence electrons. The first-order valence-electron chi connectivity index (χ1n) is 9.46. The molecule has 1 aliphatic carbocycles. The van der Waals surface area contributed by atoms with Gasteiger partial charge in [0.05, 0.1) is 0 Å². The van der Waals surface area contributed by atoms with Crippen molar-refractivity contribution in [2.75, 3.05) is 18.4 Å². The zero-order chi connectivity index (χ0) is 19.8. The van der Waals surface area contributed by atoms with E-state index in [0.29, 0.717) is 32.5 Å². The van der Waals surface area contributed by atoms with Gasteiger partial charge in [-0.25, -0.2) is 8.78 Å². The zero-order valence-corrected chi connectivity index (χ0v) is 16.9. The van der Waals surface area contributed by atoms with Crippen LogP contribution in [0, 0.1) is 11.6 Å². The Hall–Kier alpha value is -1.99. The molecule has 1 amide bonds. The van der Waals surface area contributed by atoms with Crippen LogP contribution in [0.15, 0.2) is 34.8 Å². The molecule has 3 N–H and O–H groups in total. The monoisotopic (exact) mass is 449 g/mol. The Morgan fingerprint density at radius 2 is 2.04 bits per heavy atom. The van der Waals surface area contributed by atoms with Crippen molar-refractivity contribution >= 4 is 27.5 Å². The number of nitrogens with two attached hydrogens (primary N) is 1. The molecule has 2 atom stereocenters. The normalized spacial score (nSPS) is 19.4. The smallest absolute Gasteiger partial charge is 0.224 e. The third kappa shape index (κ3) is 3.78. The van der Waals surface area contributed by atoms with Crippen LogP contribution in [-0.4, -0.2) is 29.9 Å². The highest BCUT2D eigenvalue weighted by atomic mass is 79.9. The van der Waals surface area contributed by atoms with Gasteiger partial charge in [-0.15, -0.1) is 0 Å². The minimum atomic E-state index is -0.857. The molecule has 1 aliphatic heterocycles. The van der Waals surface area contributed by atoms with Gasteiger partial charge in [0.25, 0.3) is 0 Å². The molecule has 0 spiro atoms. The van der Waals surface area contributed by atoms with Crippen LogP contribution >= 0.6 is 15.9 Å². The molecule has 7 heteroatoms. The lowest BCUT2D eigenvalue weighted by Gasteiger charge is -2.25. The third-order valence-electron chi connectivity index (χ3n) is 5.71. The third-order valence-corrected chi connectivity index (χ3v) is 6.21. The molecule has 28 heavy (non-hydrogen) atoms. The zero-order valence-electron chi connectivity index (χ0n) is 15.4. The lowest BCUT2D eigenvalue weighted by Crippen LogP contribution is -2.38. The number of nitrogens with one attached hydrogen (secondary N) is 1. The van der Waals surface area contributed by atoms with Crippen LogP contribution < -0.4 is 11.1 Å². The molecule has 0 saturated carbocycles. The predicted molar refractivity (Wildman–Crippen MR) is 108 cm³/mol. The van der Waals surface area contributed by atoms with E-state index in [1.165, 1.54) is 12.1 Å². The van der Waals surface area contributed by atoms with Crippen LogP contribution in [0.1, 0.15) is 35.4 Å². The molecule has 0 radical (unpaired) electrons. The lowest BCUT2D eigenvalue weighted by molar-refractivity contribution is -0.132. The summed E-state index contributed by atoms with van der Waals surface area (Å²) in [6, 6.07) is 8.07. The van der Waals surface area contributed by atoms with Crippen LogP contribution in [0.2, 0.25) is 0 Å². The van der Waals surface area contributed by atoms with E-state index >= 15 is 0 Å². The number of carbonyl (C=O) groups is 1. The molecule has 2 aliphatic rings. The minimum Gasteiger partial charge on any atom is -0.383 e. The average Bonchev–Trinajstić information content (AvgIpc) is 2.93. The molecular formula is C21H22BrF2N3O. The molecule has 1 heterocycles. The van der Waals surface area contributed by atoms with Gasteiger partial charge in [0.1, 0.15) is 0 Å². The van der Waals surface area contributed by atoms with Crippen LogP contribution in [0.5, 0.6) is 0 Å². The maximum Gasteiger partial charge on any atom is 0.224 e. The summed E-state index contributed by atoms with van der Waals surface area (Å²) in [7, 11) is 0. The lowest BCUT2D eigenvalue weighted by atomic mass is 9.91. The van der Waals surface area contributed by atoms with Crippen molar-refractivity contribution in [3.05, 3.63) is 63.1 Å². The SMILES string of the molecule is NC(CC(=O)N1CCNc2ccc(Br)cc2C1)C1CCc2cc(F)c(F)cc21. The summed E-state index contributed by atoms with van der Waals surface area (Å²) < 4.78 is 28.1. The molecule has 2 aromatic rings. The van der Waals surface area contributed by atoms with E-state index < -0.39 is 17.7 Å². The van der Waals surface area contributed by atoms with Crippen molar-refractivity contribution in [2.24, 2.45) is 5.73 Å². The second-order valence-electron chi connectivity index (χ2n) is 7.52. The van der Waals surface area contributed by atoms with Gasteiger partial charge in [0.2, 0.25) is 5.91 Å². The van der Waals surface area contributed by atoms with Crippen LogP contribution in [-0.2, 0) is 17.8 Å². The second kappa shape index (κ2) is 7.79. The first-order valence-corrected chi connectivity index (χ1v) is 10.2. The molecule has 4 rings (SSSR count). The van der Waals surface area contributed by atoms with E-state index in [-0.39, 0.29) is 18.2 Å². The summed E-state index contributed by atoms with van der Waals surface area (Å²) in [4.78, 5) is 14.7. The predicted octanol–water partition coefficient (Wildman–Crippen LogP) is 3.93. The largest absolute Gasteiger partial charge is 0.383 e. The summed E-state index contributed by atoms with van der Waals surface area (Å²) in [5, 5.41) is 3.35. The van der Waals surface area contributed by atoms with Crippen molar-refractivity contribution in [2.45, 2.75) is 37.8 Å². The van der Waals surface area contributed by atoms with E-state index in [0.717, 1.165) is 26.9 Å². The summed E-state index contributed by atoms with van der Waals surface area (Å²) in [5.74, 6) is -1.82. The molecule has 2 aromatic carbocycles. The number of rotatable bonds is 3. The maximum atomic E-state index is 13.7. The molecule has 0 saturated heterocycles. The van der Waals surface area contributed by atoms with E-state index in [1.807, 2.05) is 23.1 Å². The standard InChI is InChI=1S/C21H22BrF2N3O/c22-14-2-4-20-13(7-14)11-27(6-5-26-20)21(28)10-19(25)15-3-1-12-8-17(23)18(24)9-16(12)15/h2,4,7-9,15,19,26H,1,3,5-6,10-11,25H2. The summed E-state index contributed by atoms with van der Waals surface area (Å²) >= 11 is 3.48. The molecule has 0 aromatic heterocycles. The molecule has 4 nitrogen and oxygen atoms in total. The first-order chi connectivity index (χ1) is 13.4. The molecular weight excluding hydrogens is 428 g/mol. The van der Waals surface area contributed by atoms with Gasteiger partial charge in [0.15, 0.2) is 11.6 Å². The first kappa shape index (κ1) is 19.3. The fourth-order valence-corrected chi connectivity index (χ4v) is 4.65. The summed E-state index contributed by atoms with van der Waals surface area (Å²) in [5.41, 5.74) is 9.98. The quantitative estimate of drug-likeness (QED) is 0.746. The van der Waals surface area contributed by atoms with E-state index in [1.54, 1.807) is 0 Å². The number of fused-ring (bicyclic) bond motifs is 2. The number of benzene rings is 2. The highest BCUT2D eigenvalue weighted by Gasteiger charge is 2.31. The number of carbonyl (C=O) groups excluding carboxylic acids is 1. The van der Waals surface area contributed by atoms with Gasteiger partial charge in [-0.1, -0.05) is 15.9 Å². The van der Waals surface area contributed by atoms with Gasteiger partial charge >= 0.3 is 0 Å². The number of aryl methyl sites for hydroxylation is 1. The Bertz CT molecular complexity index is 921. The second-order valence-corrected chi connectivity index (χ2v) is 8.44. The van der Waals surface area contributed by atoms with Crippen molar-refractivity contribution in [3.8, 4) is 0 Å². The molecule has 2 unspecified atom stereocenters. The van der Waals surface area contributed by atoms with E-state index in [9.17, 15) is 13.6 Å². The summed E-state index contributed by atoms with van der Waals surface area (Å²) in [6.07, 6.45) is 1.56. The topological polar surface area (TPSA) is 58.4 Å². The number of nitrogens with zero attached hydrogens (tertiary/aromatic N) is 1. The number of halogens is 3. The summed E-state index contributed by atoms with van der Waals surface area (Å²) in [6.45, 7) is 1.79. The van der Waals surface area contributed by atoms with E-state index in [2.05, 4.69) is 21.2 Å². The van der Waals surface area contributed by atoms with Crippen LogP contribution in [0.4, 0.5) is 14.5 Å². The molecule has 0 bridgehead atoms. The van der Waals surface area contributed by atoms with Crippen LogP contribution in [0.25, 0.3) is 0 Å². The minimum absolute atomic E-state index is 0.0156.